The number of aromatic hydroxyl groups is 2. The Morgan fingerprint density at radius 1 is 0.764 bits per heavy atom. The van der Waals surface area contributed by atoms with Gasteiger partial charge in [0.25, 0.3) is 0 Å². The number of hydrogen-bond acceptors (Lipinski definition) is 19. The van der Waals surface area contributed by atoms with E-state index in [1.165, 1.54) is 51.5 Å². The van der Waals surface area contributed by atoms with Crippen LogP contribution >= 0.6 is 0 Å². The number of carbonyl (C=O) groups excluding carboxylic acids is 1. The van der Waals surface area contributed by atoms with E-state index < -0.39 is 98.6 Å². The van der Waals surface area contributed by atoms with Gasteiger partial charge in [-0.15, -0.1) is 0 Å². The standard InChI is InChI=1S/C36H48O19/c1-16-26(41)28(43)30(45)36(52-16)55-33-31(46)35(49-11-10-18-5-8-22(47-2)20(38)12-18)53-24(15-51-34-29(44)27(42)21(39)14-50-34)32(33)54-25(40)9-6-17-4-7-19(37)23(13-17)48-3/h4-9,12-13,16,21,24,26-39,41-46H,10-11,14-15H2,1-3H3/b9-6+/t16-,21-,24+,26-,27-,28+,29+,30+,31+,32+,33+,34-,35+,36-/m0/s1. The first-order valence-corrected chi connectivity index (χ1v) is 17.4. The Morgan fingerprint density at radius 2 is 1.49 bits per heavy atom. The van der Waals surface area contributed by atoms with Crippen LogP contribution in [0.2, 0.25) is 0 Å². The molecule has 14 atom stereocenters. The van der Waals surface area contributed by atoms with Gasteiger partial charge in [0, 0.05) is 6.08 Å². The van der Waals surface area contributed by atoms with E-state index in [2.05, 4.69) is 0 Å². The molecule has 19 nitrogen and oxygen atoms in total. The number of rotatable bonds is 14. The second-order valence-electron chi connectivity index (χ2n) is 13.2. The van der Waals surface area contributed by atoms with Crippen LogP contribution in [0.15, 0.2) is 42.5 Å². The van der Waals surface area contributed by atoms with Gasteiger partial charge in [0.05, 0.1) is 40.1 Å². The molecule has 55 heavy (non-hydrogen) atoms. The Kier molecular flexibility index (Phi) is 14.7. The highest BCUT2D eigenvalue weighted by molar-refractivity contribution is 5.87. The van der Waals surface area contributed by atoms with Crippen molar-refractivity contribution in [2.45, 2.75) is 99.4 Å². The maximum atomic E-state index is 13.4. The van der Waals surface area contributed by atoms with Crippen LogP contribution in [0.1, 0.15) is 18.1 Å². The van der Waals surface area contributed by atoms with E-state index in [0.717, 1.165) is 6.08 Å². The van der Waals surface area contributed by atoms with E-state index in [1.807, 2.05) is 0 Å². The second-order valence-corrected chi connectivity index (χ2v) is 13.2. The normalized spacial score (nSPS) is 35.4. The molecule has 0 amide bonds. The van der Waals surface area contributed by atoms with Gasteiger partial charge in [0.2, 0.25) is 0 Å². The van der Waals surface area contributed by atoms with Crippen LogP contribution in [0, 0.1) is 0 Å². The molecular weight excluding hydrogens is 736 g/mol. The molecule has 0 radical (unpaired) electrons. The van der Waals surface area contributed by atoms with E-state index in [4.69, 9.17) is 42.6 Å². The minimum Gasteiger partial charge on any atom is -0.504 e. The van der Waals surface area contributed by atoms with Gasteiger partial charge in [-0.3, -0.25) is 0 Å². The predicted molar refractivity (Wildman–Crippen MR) is 183 cm³/mol. The van der Waals surface area contributed by atoms with E-state index >= 15 is 0 Å². The van der Waals surface area contributed by atoms with E-state index in [1.54, 1.807) is 12.1 Å². The topological polar surface area (TPSA) is 282 Å². The first kappa shape index (κ1) is 42.5. The zero-order chi connectivity index (χ0) is 40.0. The molecule has 3 aliphatic rings. The summed E-state index contributed by atoms with van der Waals surface area (Å²) in [6.45, 7) is 0.361. The molecule has 0 aliphatic carbocycles. The summed E-state index contributed by atoms with van der Waals surface area (Å²) in [5, 5.41) is 93.9. The van der Waals surface area contributed by atoms with Crippen molar-refractivity contribution in [2.75, 3.05) is 34.0 Å². The molecule has 2 aromatic carbocycles. The van der Waals surface area contributed by atoms with Crippen LogP contribution < -0.4 is 9.47 Å². The Morgan fingerprint density at radius 3 is 2.20 bits per heavy atom. The van der Waals surface area contributed by atoms with Crippen molar-refractivity contribution in [3.63, 3.8) is 0 Å². The molecule has 0 saturated carbocycles. The van der Waals surface area contributed by atoms with Gasteiger partial charge in [0.1, 0.15) is 54.9 Å². The van der Waals surface area contributed by atoms with Crippen LogP contribution in [0.3, 0.4) is 0 Å². The number of ether oxygens (including phenoxy) is 9. The first-order valence-electron chi connectivity index (χ1n) is 17.4. The van der Waals surface area contributed by atoms with Crippen molar-refractivity contribution in [2.24, 2.45) is 0 Å². The number of benzene rings is 2. The lowest BCUT2D eigenvalue weighted by Gasteiger charge is -2.47. The van der Waals surface area contributed by atoms with Gasteiger partial charge < -0.3 is 88.6 Å². The third kappa shape index (κ3) is 10.2. The number of methoxy groups -OCH3 is 2. The maximum absolute atomic E-state index is 13.4. The summed E-state index contributed by atoms with van der Waals surface area (Å²) in [4.78, 5) is 13.4. The summed E-state index contributed by atoms with van der Waals surface area (Å²) in [6.07, 6.45) is -19.4. The SMILES string of the molecule is COc1ccc(CCO[C@@H]2O[C@H](CO[C@@H]3OC[C@H](O)[C@H](O)[C@H]3O)[C@@H](OC(=O)/C=C/c3ccc(O)c(OC)c3)[C@H](O[C@@H]3O[C@@H](C)[C@H](O)[C@@H](O)[C@H]3O)[C@H]2O)cc1O. The number of phenols is 2. The molecule has 3 saturated heterocycles. The summed E-state index contributed by atoms with van der Waals surface area (Å²) < 4.78 is 50.6. The summed E-state index contributed by atoms with van der Waals surface area (Å²) in [5.41, 5.74) is 1.06. The summed E-state index contributed by atoms with van der Waals surface area (Å²) >= 11 is 0. The highest BCUT2D eigenvalue weighted by atomic mass is 16.8. The van der Waals surface area contributed by atoms with E-state index in [0.29, 0.717) is 11.1 Å². The van der Waals surface area contributed by atoms with E-state index in [-0.39, 0.29) is 42.6 Å². The number of phenolic OH excluding ortho intramolecular Hbond substituents is 2. The number of hydrogen-bond donors (Lipinski definition) is 9. The van der Waals surface area contributed by atoms with Gasteiger partial charge in [-0.25, -0.2) is 4.79 Å². The summed E-state index contributed by atoms with van der Waals surface area (Å²) in [6, 6.07) is 9.00. The maximum Gasteiger partial charge on any atom is 0.331 e. The monoisotopic (exact) mass is 784 g/mol. The molecular formula is C36H48O19. The van der Waals surface area contributed by atoms with Crippen LogP contribution in [0.5, 0.6) is 23.0 Å². The zero-order valence-electron chi connectivity index (χ0n) is 30.1. The van der Waals surface area contributed by atoms with E-state index in [9.17, 15) is 50.8 Å². The van der Waals surface area contributed by atoms with Crippen molar-refractivity contribution in [3.05, 3.63) is 53.6 Å². The molecule has 0 aromatic heterocycles. The lowest BCUT2D eigenvalue weighted by molar-refractivity contribution is -0.362. The van der Waals surface area contributed by atoms with Crippen molar-refractivity contribution >= 4 is 12.0 Å². The zero-order valence-corrected chi connectivity index (χ0v) is 30.1. The second kappa shape index (κ2) is 19.0. The quantitative estimate of drug-likeness (QED) is 0.0744. The molecule has 5 rings (SSSR count). The Hall–Kier alpha value is -3.67. The smallest absolute Gasteiger partial charge is 0.331 e. The van der Waals surface area contributed by atoms with Crippen molar-refractivity contribution < 1.29 is 93.4 Å². The highest BCUT2D eigenvalue weighted by Gasteiger charge is 2.53. The number of aliphatic hydroxyl groups is 7. The summed E-state index contributed by atoms with van der Waals surface area (Å²) in [7, 11) is 2.75. The predicted octanol–water partition coefficient (Wildman–Crippen LogP) is -1.95. The van der Waals surface area contributed by atoms with Crippen LogP contribution in [0.25, 0.3) is 6.08 Å². The molecule has 3 aliphatic heterocycles. The van der Waals surface area contributed by atoms with Crippen LogP contribution in [0.4, 0.5) is 0 Å². The minimum absolute atomic E-state index is 0.101. The van der Waals surface area contributed by atoms with Crippen molar-refractivity contribution in [3.8, 4) is 23.0 Å². The number of aliphatic hydroxyl groups excluding tert-OH is 7. The summed E-state index contributed by atoms with van der Waals surface area (Å²) in [5.74, 6) is -0.848. The average molecular weight is 785 g/mol. The number of carbonyl (C=O) groups is 1. The molecule has 9 N–H and O–H groups in total. The van der Waals surface area contributed by atoms with Crippen LogP contribution in [-0.4, -0.2) is 172 Å². The molecule has 3 heterocycles. The van der Waals surface area contributed by atoms with Gasteiger partial charge in [0.15, 0.2) is 48.0 Å². The molecule has 3 fully saturated rings. The van der Waals surface area contributed by atoms with Gasteiger partial charge in [-0.05, 0) is 54.8 Å². The molecule has 0 bridgehead atoms. The van der Waals surface area contributed by atoms with Gasteiger partial charge >= 0.3 is 5.97 Å². The van der Waals surface area contributed by atoms with Gasteiger partial charge in [-0.2, -0.15) is 0 Å². The van der Waals surface area contributed by atoms with Gasteiger partial charge in [-0.1, -0.05) is 12.1 Å². The Balaban J connectivity index is 1.42. The largest absolute Gasteiger partial charge is 0.504 e. The third-order valence-corrected chi connectivity index (χ3v) is 9.38. The lowest BCUT2D eigenvalue weighted by atomic mass is 9.96. The third-order valence-electron chi connectivity index (χ3n) is 9.38. The Labute approximate surface area is 315 Å². The minimum atomic E-state index is -1.84. The molecule has 306 valence electrons. The highest BCUT2D eigenvalue weighted by Crippen LogP contribution is 2.33. The van der Waals surface area contributed by atoms with Crippen molar-refractivity contribution in [1.29, 1.82) is 0 Å². The molecule has 0 spiro atoms. The fourth-order valence-corrected chi connectivity index (χ4v) is 6.18. The first-order chi connectivity index (χ1) is 26.2. The average Bonchev–Trinajstić information content (AvgIpc) is 3.17. The lowest BCUT2D eigenvalue weighted by Crippen LogP contribution is -2.65. The molecule has 2 aromatic rings. The van der Waals surface area contributed by atoms with Crippen molar-refractivity contribution in [1.82, 2.24) is 0 Å². The Bertz CT molecular complexity index is 1590. The fraction of sp³-hybridized carbons (Fsp3) is 0.583. The molecule has 0 unspecified atom stereocenters. The number of esters is 1. The van der Waals surface area contributed by atoms with Crippen LogP contribution in [-0.2, 0) is 44.4 Å². The fourth-order valence-electron chi connectivity index (χ4n) is 6.18. The molecule has 19 heteroatoms.